The Hall–Kier alpha value is -3.26. The first-order chi connectivity index (χ1) is 13.7. The number of para-hydroxylation sites is 1. The van der Waals surface area contributed by atoms with Crippen molar-refractivity contribution in [1.29, 1.82) is 0 Å². The van der Waals surface area contributed by atoms with E-state index in [9.17, 15) is 9.18 Å². The van der Waals surface area contributed by atoms with Crippen molar-refractivity contribution in [3.63, 3.8) is 0 Å². The molecule has 0 fully saturated rings. The average Bonchev–Trinajstić information content (AvgIpc) is 3.14. The van der Waals surface area contributed by atoms with Gasteiger partial charge in [-0.15, -0.1) is 11.8 Å². The first-order valence-electron chi connectivity index (χ1n) is 8.63. The molecule has 140 valence electrons. The Kier molecular flexibility index (Phi) is 5.29. The Balaban J connectivity index is 1.44. The van der Waals surface area contributed by atoms with Crippen LogP contribution in [0.4, 0.5) is 10.1 Å². The maximum atomic E-state index is 13.2. The van der Waals surface area contributed by atoms with Gasteiger partial charge in [-0.25, -0.2) is 19.0 Å². The second-order valence-electron chi connectivity index (χ2n) is 5.96. The molecule has 0 atom stereocenters. The molecular weight excluding hydrogens is 377 g/mol. The van der Waals surface area contributed by atoms with Crippen LogP contribution in [-0.4, -0.2) is 31.4 Å². The van der Waals surface area contributed by atoms with E-state index < -0.39 is 0 Å². The normalized spacial score (nSPS) is 10.9. The van der Waals surface area contributed by atoms with Crippen molar-refractivity contribution in [1.82, 2.24) is 19.7 Å². The maximum absolute atomic E-state index is 13.2. The highest BCUT2D eigenvalue weighted by atomic mass is 32.2. The molecule has 0 radical (unpaired) electrons. The van der Waals surface area contributed by atoms with Gasteiger partial charge in [-0.1, -0.05) is 18.2 Å². The molecule has 28 heavy (non-hydrogen) atoms. The number of nitrogens with zero attached hydrogens (tertiary/aromatic N) is 4. The zero-order valence-corrected chi connectivity index (χ0v) is 15.6. The summed E-state index contributed by atoms with van der Waals surface area (Å²) in [7, 11) is 0. The number of thioether (sulfide) groups is 1. The molecule has 0 aliphatic rings. The summed E-state index contributed by atoms with van der Waals surface area (Å²) >= 11 is 1.47. The third-order valence-corrected chi connectivity index (χ3v) is 5.03. The molecule has 0 saturated heterocycles. The molecule has 8 heteroatoms. The first kappa shape index (κ1) is 18.1. The minimum absolute atomic E-state index is 0.0500. The van der Waals surface area contributed by atoms with E-state index in [1.807, 2.05) is 30.3 Å². The molecule has 6 nitrogen and oxygen atoms in total. The maximum Gasteiger partial charge on any atom is 0.225 e. The number of nitrogens with one attached hydrogen (secondary N) is 1. The van der Waals surface area contributed by atoms with Gasteiger partial charge in [0.05, 0.1) is 17.3 Å². The van der Waals surface area contributed by atoms with E-state index in [-0.39, 0.29) is 11.7 Å². The number of hydrogen-bond donors (Lipinski definition) is 1. The van der Waals surface area contributed by atoms with Crippen molar-refractivity contribution in [2.75, 3.05) is 11.1 Å². The number of rotatable bonds is 6. The summed E-state index contributed by atoms with van der Waals surface area (Å²) in [5, 5.41) is 8.76. The second kappa shape index (κ2) is 8.18. The minimum Gasteiger partial charge on any atom is -0.326 e. The zero-order valence-electron chi connectivity index (χ0n) is 14.7. The number of benzene rings is 2. The Bertz CT molecular complexity index is 1100. The number of aromatic nitrogens is 4. The number of halogens is 1. The first-order valence-corrected chi connectivity index (χ1v) is 9.61. The van der Waals surface area contributed by atoms with Gasteiger partial charge in [0.2, 0.25) is 5.91 Å². The van der Waals surface area contributed by atoms with Crippen LogP contribution in [0.3, 0.4) is 0 Å². The SMILES string of the molecule is O=C(CCSc1ncnc2c1cnn2-c1ccc(F)cc1)Nc1ccccc1. The number of hydrogen-bond acceptors (Lipinski definition) is 5. The summed E-state index contributed by atoms with van der Waals surface area (Å²) < 4.78 is 14.8. The molecule has 1 N–H and O–H groups in total. The van der Waals surface area contributed by atoms with E-state index in [4.69, 9.17) is 0 Å². The van der Waals surface area contributed by atoms with Crippen LogP contribution in [0.25, 0.3) is 16.7 Å². The van der Waals surface area contributed by atoms with Crippen molar-refractivity contribution in [3.8, 4) is 5.69 Å². The number of fused-ring (bicyclic) bond motifs is 1. The van der Waals surface area contributed by atoms with Crippen LogP contribution in [0.2, 0.25) is 0 Å². The van der Waals surface area contributed by atoms with Crippen LogP contribution >= 0.6 is 11.8 Å². The standard InChI is InChI=1S/C20H16FN5OS/c21-14-6-8-16(9-7-14)26-19-17(12-24-26)20(23-13-22-19)28-11-10-18(27)25-15-4-2-1-3-5-15/h1-9,12-13H,10-11H2,(H,25,27). The lowest BCUT2D eigenvalue weighted by atomic mass is 10.3. The van der Waals surface area contributed by atoms with Crippen molar-refractivity contribution in [3.05, 3.63) is 72.9 Å². The Labute approximate surface area is 164 Å². The molecule has 2 aromatic carbocycles. The van der Waals surface area contributed by atoms with Crippen LogP contribution in [0.5, 0.6) is 0 Å². The predicted molar refractivity (Wildman–Crippen MR) is 107 cm³/mol. The van der Waals surface area contributed by atoms with Crippen molar-refractivity contribution < 1.29 is 9.18 Å². The van der Waals surface area contributed by atoms with E-state index in [2.05, 4.69) is 20.4 Å². The van der Waals surface area contributed by atoms with Gasteiger partial charge in [-0.3, -0.25) is 4.79 Å². The fourth-order valence-electron chi connectivity index (χ4n) is 2.69. The highest BCUT2D eigenvalue weighted by Crippen LogP contribution is 2.26. The van der Waals surface area contributed by atoms with Gasteiger partial charge in [0, 0.05) is 17.9 Å². The topological polar surface area (TPSA) is 72.7 Å². The molecular formula is C20H16FN5OS. The largest absolute Gasteiger partial charge is 0.326 e. The summed E-state index contributed by atoms with van der Waals surface area (Å²) in [6.45, 7) is 0. The van der Waals surface area contributed by atoms with Gasteiger partial charge in [-0.05, 0) is 36.4 Å². The summed E-state index contributed by atoms with van der Waals surface area (Å²) in [5.41, 5.74) is 2.13. The fourth-order valence-corrected chi connectivity index (χ4v) is 3.60. The molecule has 1 amide bonds. The van der Waals surface area contributed by atoms with Crippen LogP contribution < -0.4 is 5.32 Å². The van der Waals surface area contributed by atoms with Gasteiger partial charge in [-0.2, -0.15) is 5.10 Å². The van der Waals surface area contributed by atoms with E-state index >= 15 is 0 Å². The molecule has 0 unspecified atom stereocenters. The van der Waals surface area contributed by atoms with Crippen LogP contribution in [-0.2, 0) is 4.79 Å². The van der Waals surface area contributed by atoms with Gasteiger partial charge < -0.3 is 5.32 Å². The third-order valence-electron chi connectivity index (χ3n) is 4.03. The Morgan fingerprint density at radius 3 is 2.64 bits per heavy atom. The van der Waals surface area contributed by atoms with Crippen molar-refractivity contribution in [2.24, 2.45) is 0 Å². The summed E-state index contributed by atoms with van der Waals surface area (Å²) in [4.78, 5) is 20.7. The smallest absolute Gasteiger partial charge is 0.225 e. The average molecular weight is 393 g/mol. The monoisotopic (exact) mass is 393 g/mol. The Morgan fingerprint density at radius 2 is 1.86 bits per heavy atom. The summed E-state index contributed by atoms with van der Waals surface area (Å²) in [5.74, 6) is 0.220. The van der Waals surface area contributed by atoms with E-state index in [0.717, 1.165) is 16.1 Å². The quantitative estimate of drug-likeness (QED) is 0.395. The van der Waals surface area contributed by atoms with Crippen LogP contribution in [0, 0.1) is 5.82 Å². The highest BCUT2D eigenvalue weighted by Gasteiger charge is 2.12. The number of anilines is 1. The van der Waals surface area contributed by atoms with Gasteiger partial charge in [0.15, 0.2) is 5.65 Å². The minimum atomic E-state index is -0.306. The lowest BCUT2D eigenvalue weighted by Gasteiger charge is -2.06. The van der Waals surface area contributed by atoms with E-state index in [1.165, 1.54) is 30.2 Å². The number of amides is 1. The highest BCUT2D eigenvalue weighted by molar-refractivity contribution is 7.99. The molecule has 0 aliphatic heterocycles. The summed E-state index contributed by atoms with van der Waals surface area (Å²) in [6.07, 6.45) is 3.51. The zero-order chi connectivity index (χ0) is 19.3. The molecule has 0 saturated carbocycles. The van der Waals surface area contributed by atoms with Gasteiger partial charge in [0.1, 0.15) is 17.2 Å². The lowest BCUT2D eigenvalue weighted by molar-refractivity contribution is -0.115. The fraction of sp³-hybridized carbons (Fsp3) is 0.100. The van der Waals surface area contributed by atoms with Crippen molar-refractivity contribution in [2.45, 2.75) is 11.4 Å². The lowest BCUT2D eigenvalue weighted by Crippen LogP contribution is -2.12. The van der Waals surface area contributed by atoms with Crippen molar-refractivity contribution >= 4 is 34.4 Å². The van der Waals surface area contributed by atoms with Crippen LogP contribution in [0.15, 0.2) is 72.1 Å². The molecule has 2 heterocycles. The molecule has 0 bridgehead atoms. The molecule has 4 aromatic rings. The molecule has 2 aromatic heterocycles. The third kappa shape index (κ3) is 4.01. The molecule has 4 rings (SSSR count). The van der Waals surface area contributed by atoms with Gasteiger partial charge in [0.25, 0.3) is 0 Å². The second-order valence-corrected chi connectivity index (χ2v) is 7.05. The van der Waals surface area contributed by atoms with E-state index in [1.54, 1.807) is 23.0 Å². The van der Waals surface area contributed by atoms with E-state index in [0.29, 0.717) is 23.5 Å². The summed E-state index contributed by atoms with van der Waals surface area (Å²) in [6, 6.07) is 15.4. The molecule has 0 aliphatic carbocycles. The van der Waals surface area contributed by atoms with Gasteiger partial charge >= 0.3 is 0 Å². The Morgan fingerprint density at radius 1 is 1.07 bits per heavy atom. The molecule has 0 spiro atoms. The van der Waals surface area contributed by atoms with Crippen LogP contribution in [0.1, 0.15) is 6.42 Å². The number of carbonyl (C=O) groups is 1. The number of carbonyl (C=O) groups excluding carboxylic acids is 1. The predicted octanol–water partition coefficient (Wildman–Crippen LogP) is 4.08.